The van der Waals surface area contributed by atoms with Gasteiger partial charge >= 0.3 is 0 Å². The molecule has 0 radical (unpaired) electrons. The maximum absolute atomic E-state index is 10.1. The summed E-state index contributed by atoms with van der Waals surface area (Å²) in [6.45, 7) is 0. The van der Waals surface area contributed by atoms with Gasteiger partial charge in [0, 0.05) is 0 Å². The Kier molecular flexibility index (Phi) is 2.64. The molecule has 0 saturated heterocycles. The molecule has 0 spiro atoms. The van der Waals surface area contributed by atoms with Gasteiger partial charge in [0.15, 0.2) is 11.5 Å². The maximum Gasteiger partial charge on any atom is 0.168 e. The highest BCUT2D eigenvalue weighted by atomic mass is 32.1. The first-order valence-electron chi connectivity index (χ1n) is 5.51. The summed E-state index contributed by atoms with van der Waals surface area (Å²) in [5, 5.41) is 10.9. The summed E-state index contributed by atoms with van der Waals surface area (Å²) in [6, 6.07) is 13.3. The number of nitrogens with zero attached hydrogens (tertiary/aromatic N) is 1. The number of aromatic hydroxyl groups is 1. The highest BCUT2D eigenvalue weighted by Crippen LogP contribution is 2.39. The van der Waals surface area contributed by atoms with E-state index in [1.54, 1.807) is 17.4 Å². The predicted octanol–water partition coefficient (Wildman–Crippen LogP) is 3.68. The topological polar surface area (TPSA) is 42.4 Å². The summed E-state index contributed by atoms with van der Waals surface area (Å²) < 4.78 is 6.21. The molecule has 3 aromatic rings. The molecule has 3 rings (SSSR count). The van der Waals surface area contributed by atoms with Gasteiger partial charge in [-0.05, 0) is 24.3 Å². The zero-order valence-electron chi connectivity index (χ0n) is 9.75. The van der Waals surface area contributed by atoms with E-state index in [1.807, 2.05) is 36.4 Å². The van der Waals surface area contributed by atoms with Gasteiger partial charge in [0.05, 0.1) is 22.9 Å². The standard InChI is InChI=1S/C14H11NO2S/c1-17-11-7-4-5-9(13(11)16)14-15-10-6-2-3-8-12(10)18-14/h2-8,16H,1H3. The van der Waals surface area contributed by atoms with Crippen molar-refractivity contribution in [2.75, 3.05) is 7.11 Å². The third-order valence-corrected chi connectivity index (χ3v) is 3.81. The lowest BCUT2D eigenvalue weighted by Crippen LogP contribution is -1.85. The number of thiazole rings is 1. The van der Waals surface area contributed by atoms with Crippen LogP contribution >= 0.6 is 11.3 Å². The Morgan fingerprint density at radius 3 is 2.72 bits per heavy atom. The number of methoxy groups -OCH3 is 1. The minimum atomic E-state index is 0.138. The van der Waals surface area contributed by atoms with Crippen molar-refractivity contribution < 1.29 is 9.84 Å². The maximum atomic E-state index is 10.1. The number of ether oxygens (including phenoxy) is 1. The van der Waals surface area contributed by atoms with Gasteiger partial charge in [0.25, 0.3) is 0 Å². The van der Waals surface area contributed by atoms with Crippen LogP contribution in [0.5, 0.6) is 11.5 Å². The average molecular weight is 257 g/mol. The smallest absolute Gasteiger partial charge is 0.168 e. The van der Waals surface area contributed by atoms with E-state index >= 15 is 0 Å². The summed E-state index contributed by atoms with van der Waals surface area (Å²) in [4.78, 5) is 4.52. The van der Waals surface area contributed by atoms with Crippen LogP contribution in [0.1, 0.15) is 0 Å². The second-order valence-electron chi connectivity index (χ2n) is 3.84. The molecule has 0 bridgehead atoms. The van der Waals surface area contributed by atoms with Crippen molar-refractivity contribution in [2.24, 2.45) is 0 Å². The molecule has 0 saturated carbocycles. The average Bonchev–Trinajstić information content (AvgIpc) is 2.82. The largest absolute Gasteiger partial charge is 0.504 e. The lowest BCUT2D eigenvalue weighted by molar-refractivity contribution is 0.374. The fraction of sp³-hybridized carbons (Fsp3) is 0.0714. The summed E-state index contributed by atoms with van der Waals surface area (Å²) in [5.74, 6) is 0.603. The molecule has 0 fully saturated rings. The number of hydrogen-bond acceptors (Lipinski definition) is 4. The van der Waals surface area contributed by atoms with Crippen LogP contribution in [0.25, 0.3) is 20.8 Å². The van der Waals surface area contributed by atoms with E-state index in [0.29, 0.717) is 11.3 Å². The fourth-order valence-corrected chi connectivity index (χ4v) is 2.84. The number of aromatic nitrogens is 1. The van der Waals surface area contributed by atoms with Gasteiger partial charge in [0.1, 0.15) is 5.01 Å². The van der Waals surface area contributed by atoms with Crippen LogP contribution in [0.4, 0.5) is 0 Å². The molecule has 18 heavy (non-hydrogen) atoms. The zero-order chi connectivity index (χ0) is 12.5. The van der Waals surface area contributed by atoms with Crippen LogP contribution in [0, 0.1) is 0 Å². The monoisotopic (exact) mass is 257 g/mol. The first kappa shape index (κ1) is 11.0. The molecular formula is C14H11NO2S. The summed E-state index contributed by atoms with van der Waals surface area (Å²) in [5.41, 5.74) is 1.65. The molecule has 0 amide bonds. The molecular weight excluding hydrogens is 246 g/mol. The highest BCUT2D eigenvalue weighted by molar-refractivity contribution is 7.21. The normalized spacial score (nSPS) is 10.7. The summed E-state index contributed by atoms with van der Waals surface area (Å²) >= 11 is 1.56. The number of hydrogen-bond donors (Lipinski definition) is 1. The van der Waals surface area contributed by atoms with Gasteiger partial charge in [-0.2, -0.15) is 0 Å². The zero-order valence-corrected chi connectivity index (χ0v) is 10.6. The van der Waals surface area contributed by atoms with Crippen molar-refractivity contribution in [1.82, 2.24) is 4.98 Å². The Balaban J connectivity index is 2.20. The third kappa shape index (κ3) is 1.71. The number of rotatable bonds is 2. The second kappa shape index (κ2) is 4.31. The van der Waals surface area contributed by atoms with E-state index in [0.717, 1.165) is 15.2 Å². The first-order valence-corrected chi connectivity index (χ1v) is 6.33. The second-order valence-corrected chi connectivity index (χ2v) is 4.87. The molecule has 0 aliphatic carbocycles. The molecule has 1 aromatic heterocycles. The van der Waals surface area contributed by atoms with Gasteiger partial charge < -0.3 is 9.84 Å². The molecule has 1 N–H and O–H groups in total. The van der Waals surface area contributed by atoms with Gasteiger partial charge in [-0.1, -0.05) is 18.2 Å². The Morgan fingerprint density at radius 1 is 1.11 bits per heavy atom. The lowest BCUT2D eigenvalue weighted by Gasteiger charge is -2.05. The van der Waals surface area contributed by atoms with Crippen LogP contribution < -0.4 is 4.74 Å². The minimum absolute atomic E-state index is 0.138. The van der Waals surface area contributed by atoms with E-state index in [-0.39, 0.29) is 5.75 Å². The number of fused-ring (bicyclic) bond motifs is 1. The number of phenols is 1. The van der Waals surface area contributed by atoms with Crippen LogP contribution in [-0.4, -0.2) is 17.2 Å². The molecule has 0 atom stereocenters. The summed E-state index contributed by atoms with van der Waals surface area (Å²) in [7, 11) is 1.54. The van der Waals surface area contributed by atoms with Gasteiger partial charge in [0.2, 0.25) is 0 Å². The number of para-hydroxylation sites is 2. The molecule has 0 aliphatic rings. The Labute approximate surface area is 108 Å². The molecule has 0 aliphatic heterocycles. The van der Waals surface area contributed by atoms with Crippen molar-refractivity contribution in [2.45, 2.75) is 0 Å². The van der Waals surface area contributed by atoms with E-state index in [1.165, 1.54) is 7.11 Å². The predicted molar refractivity (Wildman–Crippen MR) is 73.3 cm³/mol. The molecule has 0 unspecified atom stereocenters. The Morgan fingerprint density at radius 2 is 1.94 bits per heavy atom. The van der Waals surface area contributed by atoms with Gasteiger partial charge in [-0.15, -0.1) is 11.3 Å². The van der Waals surface area contributed by atoms with Gasteiger partial charge in [-0.25, -0.2) is 4.98 Å². The van der Waals surface area contributed by atoms with E-state index in [9.17, 15) is 5.11 Å². The van der Waals surface area contributed by atoms with Crippen molar-refractivity contribution in [3.8, 4) is 22.1 Å². The fourth-order valence-electron chi connectivity index (χ4n) is 1.85. The van der Waals surface area contributed by atoms with Crippen molar-refractivity contribution in [3.05, 3.63) is 42.5 Å². The van der Waals surface area contributed by atoms with E-state index in [4.69, 9.17) is 4.74 Å². The van der Waals surface area contributed by atoms with Gasteiger partial charge in [-0.3, -0.25) is 0 Å². The molecule has 1 heterocycles. The van der Waals surface area contributed by atoms with E-state index in [2.05, 4.69) is 4.98 Å². The highest BCUT2D eigenvalue weighted by Gasteiger charge is 2.13. The van der Waals surface area contributed by atoms with Crippen molar-refractivity contribution >= 4 is 21.6 Å². The first-order chi connectivity index (χ1) is 8.79. The van der Waals surface area contributed by atoms with Crippen molar-refractivity contribution in [3.63, 3.8) is 0 Å². The number of phenolic OH excluding ortho intramolecular Hbond substituents is 1. The number of benzene rings is 2. The lowest BCUT2D eigenvalue weighted by atomic mass is 10.2. The minimum Gasteiger partial charge on any atom is -0.504 e. The van der Waals surface area contributed by atoms with Crippen LogP contribution in [-0.2, 0) is 0 Å². The van der Waals surface area contributed by atoms with Crippen molar-refractivity contribution in [1.29, 1.82) is 0 Å². The molecule has 2 aromatic carbocycles. The van der Waals surface area contributed by atoms with Crippen LogP contribution in [0.15, 0.2) is 42.5 Å². The quantitative estimate of drug-likeness (QED) is 0.761. The Bertz CT molecular complexity index is 673. The molecule has 90 valence electrons. The molecule has 4 heteroatoms. The van der Waals surface area contributed by atoms with Crippen LogP contribution in [0.2, 0.25) is 0 Å². The summed E-state index contributed by atoms with van der Waals surface area (Å²) in [6.07, 6.45) is 0. The van der Waals surface area contributed by atoms with E-state index < -0.39 is 0 Å². The Hall–Kier alpha value is -2.07. The third-order valence-electron chi connectivity index (χ3n) is 2.74. The SMILES string of the molecule is COc1cccc(-c2nc3ccccc3s2)c1O. The van der Waals surface area contributed by atoms with Crippen LogP contribution in [0.3, 0.4) is 0 Å². The molecule has 3 nitrogen and oxygen atoms in total.